The van der Waals surface area contributed by atoms with Crippen LogP contribution in [-0.4, -0.2) is 63.2 Å². The summed E-state index contributed by atoms with van der Waals surface area (Å²) in [5.41, 5.74) is -1.31. The van der Waals surface area contributed by atoms with Gasteiger partial charge in [0, 0.05) is 54.0 Å². The second kappa shape index (κ2) is 11.6. The highest BCUT2D eigenvalue weighted by Gasteiger charge is 2.35. The van der Waals surface area contributed by atoms with Gasteiger partial charge in [-0.1, -0.05) is 0 Å². The van der Waals surface area contributed by atoms with Gasteiger partial charge >= 0.3 is 12.1 Å². The average molecular weight is 604 g/mol. The van der Waals surface area contributed by atoms with Crippen molar-refractivity contribution >= 4 is 23.2 Å². The number of fused-ring (bicyclic) bond motifs is 1. The van der Waals surface area contributed by atoms with Crippen LogP contribution in [0.4, 0.5) is 27.6 Å². The Morgan fingerprint density at radius 3 is 2.53 bits per heavy atom. The van der Waals surface area contributed by atoms with E-state index < -0.39 is 46.9 Å². The SMILES string of the molecule is Cc1ccc(C(F)(F)F)c(-c2ccc(C[C@H](NC(=O)c3c(F)cc(N4CCOC[C@@H]4C)cc3F)C(=O)O)n3ccnc23)n1. The Labute approximate surface area is 241 Å². The minimum Gasteiger partial charge on any atom is -0.480 e. The summed E-state index contributed by atoms with van der Waals surface area (Å²) >= 11 is 0. The summed E-state index contributed by atoms with van der Waals surface area (Å²) in [5, 5.41) is 12.0. The van der Waals surface area contributed by atoms with Crippen molar-refractivity contribution in [1.29, 1.82) is 0 Å². The van der Waals surface area contributed by atoms with Gasteiger partial charge in [0.15, 0.2) is 0 Å². The van der Waals surface area contributed by atoms with Gasteiger partial charge in [0.2, 0.25) is 0 Å². The number of imidazole rings is 1. The number of benzene rings is 1. The van der Waals surface area contributed by atoms with Crippen LogP contribution >= 0.6 is 0 Å². The van der Waals surface area contributed by atoms with E-state index in [0.29, 0.717) is 25.5 Å². The number of ether oxygens (including phenoxy) is 1. The van der Waals surface area contributed by atoms with Crippen LogP contribution < -0.4 is 10.2 Å². The minimum atomic E-state index is -4.69. The van der Waals surface area contributed by atoms with Gasteiger partial charge in [0.05, 0.1) is 24.5 Å². The second-order valence-electron chi connectivity index (χ2n) is 10.2. The number of pyridine rings is 2. The zero-order valence-corrected chi connectivity index (χ0v) is 23.0. The molecule has 0 spiro atoms. The van der Waals surface area contributed by atoms with E-state index in [1.165, 1.54) is 35.0 Å². The van der Waals surface area contributed by atoms with Gasteiger partial charge < -0.3 is 24.5 Å². The molecule has 0 aliphatic carbocycles. The number of carboxylic acids is 1. The minimum absolute atomic E-state index is 0.0551. The number of nitrogens with one attached hydrogen (secondary N) is 1. The largest absolute Gasteiger partial charge is 0.480 e. The highest BCUT2D eigenvalue weighted by atomic mass is 19.4. The molecular formula is C29H26F5N5O4. The highest BCUT2D eigenvalue weighted by molar-refractivity contribution is 5.97. The molecule has 2 N–H and O–H groups in total. The number of alkyl halides is 3. The molecule has 226 valence electrons. The molecule has 4 aromatic rings. The fourth-order valence-electron chi connectivity index (χ4n) is 5.10. The van der Waals surface area contributed by atoms with Crippen LogP contribution in [0.2, 0.25) is 0 Å². The molecule has 2 atom stereocenters. The molecule has 1 aliphatic heterocycles. The first kappa shape index (κ1) is 29.9. The molecule has 14 heteroatoms. The van der Waals surface area contributed by atoms with Gasteiger partial charge in [-0.25, -0.2) is 18.6 Å². The summed E-state index contributed by atoms with van der Waals surface area (Å²) in [6.07, 6.45) is -2.33. The lowest BCUT2D eigenvalue weighted by Crippen LogP contribution is -2.44. The smallest absolute Gasteiger partial charge is 0.418 e. The average Bonchev–Trinajstić information content (AvgIpc) is 3.42. The van der Waals surface area contributed by atoms with Crippen LogP contribution in [0.3, 0.4) is 0 Å². The Kier molecular flexibility index (Phi) is 8.06. The first-order valence-corrected chi connectivity index (χ1v) is 13.2. The summed E-state index contributed by atoms with van der Waals surface area (Å²) in [6.45, 7) is 4.49. The third kappa shape index (κ3) is 6.00. The third-order valence-electron chi connectivity index (χ3n) is 7.20. The number of carbonyl (C=O) groups excluding carboxylic acids is 1. The van der Waals surface area contributed by atoms with E-state index in [4.69, 9.17) is 4.74 Å². The Morgan fingerprint density at radius 1 is 1.16 bits per heavy atom. The molecule has 1 fully saturated rings. The fraction of sp³-hybridized carbons (Fsp3) is 0.310. The first-order valence-electron chi connectivity index (χ1n) is 13.2. The number of amides is 1. The lowest BCUT2D eigenvalue weighted by Gasteiger charge is -2.35. The molecule has 9 nitrogen and oxygen atoms in total. The van der Waals surface area contributed by atoms with Gasteiger partial charge in [-0.3, -0.25) is 9.78 Å². The van der Waals surface area contributed by atoms with Gasteiger partial charge in [-0.05, 0) is 50.2 Å². The Balaban J connectivity index is 1.43. The number of morpholine rings is 1. The number of aryl methyl sites for hydroxylation is 1. The van der Waals surface area contributed by atoms with E-state index in [1.807, 2.05) is 6.92 Å². The zero-order valence-electron chi connectivity index (χ0n) is 23.0. The number of hydrogen-bond acceptors (Lipinski definition) is 6. The van der Waals surface area contributed by atoms with E-state index in [0.717, 1.165) is 18.2 Å². The normalized spacial score (nSPS) is 16.3. The third-order valence-corrected chi connectivity index (χ3v) is 7.20. The van der Waals surface area contributed by atoms with Crippen LogP contribution in [0.25, 0.3) is 16.9 Å². The molecular weight excluding hydrogens is 577 g/mol. The molecule has 3 aromatic heterocycles. The molecule has 5 rings (SSSR count). The molecule has 1 aromatic carbocycles. The zero-order chi connectivity index (χ0) is 31.1. The summed E-state index contributed by atoms with van der Waals surface area (Å²) in [6, 6.07) is 5.10. The molecule has 0 saturated carbocycles. The molecule has 43 heavy (non-hydrogen) atoms. The number of hydrogen-bond donors (Lipinski definition) is 2. The number of carbonyl (C=O) groups is 2. The molecule has 0 radical (unpaired) electrons. The highest BCUT2D eigenvalue weighted by Crippen LogP contribution is 2.37. The van der Waals surface area contributed by atoms with Gasteiger partial charge in [0.25, 0.3) is 5.91 Å². The lowest BCUT2D eigenvalue weighted by atomic mass is 10.0. The summed E-state index contributed by atoms with van der Waals surface area (Å²) in [4.78, 5) is 35.0. The Hall–Kier alpha value is -4.59. The number of halogens is 5. The Bertz CT molecular complexity index is 1680. The van der Waals surface area contributed by atoms with E-state index in [9.17, 15) is 27.9 Å². The van der Waals surface area contributed by atoms with Crippen molar-refractivity contribution in [3.8, 4) is 11.3 Å². The molecule has 1 saturated heterocycles. The van der Waals surface area contributed by atoms with Crippen molar-refractivity contribution in [2.45, 2.75) is 38.5 Å². The molecule has 1 aliphatic rings. The van der Waals surface area contributed by atoms with Gasteiger partial charge in [0.1, 0.15) is 28.9 Å². The van der Waals surface area contributed by atoms with Crippen LogP contribution in [0.5, 0.6) is 0 Å². The van der Waals surface area contributed by atoms with Crippen LogP contribution in [0.1, 0.15) is 34.2 Å². The number of aliphatic carboxylic acids is 1. The number of nitrogens with zero attached hydrogens (tertiary/aromatic N) is 4. The van der Waals surface area contributed by atoms with Crippen molar-refractivity contribution in [2.24, 2.45) is 0 Å². The molecule has 4 heterocycles. The van der Waals surface area contributed by atoms with Crippen LogP contribution in [0.15, 0.2) is 48.8 Å². The van der Waals surface area contributed by atoms with E-state index >= 15 is 8.78 Å². The Morgan fingerprint density at radius 2 is 1.88 bits per heavy atom. The topological polar surface area (TPSA) is 109 Å². The number of carboxylic acid groups (broad SMARTS) is 1. The molecule has 0 unspecified atom stereocenters. The van der Waals surface area contributed by atoms with E-state index in [-0.39, 0.29) is 40.7 Å². The second-order valence-corrected chi connectivity index (χ2v) is 10.2. The summed E-state index contributed by atoms with van der Waals surface area (Å²) < 4.78 is 78.0. The summed E-state index contributed by atoms with van der Waals surface area (Å²) in [7, 11) is 0. The standard InChI is InChI=1S/C29H26F5N5O4/c1-15-3-6-20(29(32,33)34)25(36-15)19-5-4-17(39-8-7-35-26(19)39)13-23(28(41)42)37-27(40)24-21(30)11-18(12-22(24)31)38-9-10-43-14-16(38)2/h3-8,11-12,16,23H,9-10,13-14H2,1-2H3,(H,37,40)(H,41,42)/t16-,23-/m0/s1. The number of rotatable bonds is 7. The maximum Gasteiger partial charge on any atom is 0.418 e. The predicted octanol–water partition coefficient (Wildman–Crippen LogP) is 4.65. The first-order chi connectivity index (χ1) is 20.3. The number of anilines is 1. The monoisotopic (exact) mass is 603 g/mol. The maximum absolute atomic E-state index is 15.0. The van der Waals surface area contributed by atoms with Crippen LogP contribution in [0, 0.1) is 18.6 Å². The van der Waals surface area contributed by atoms with Gasteiger partial charge in [-0.2, -0.15) is 13.2 Å². The van der Waals surface area contributed by atoms with Crippen molar-refractivity contribution in [2.75, 3.05) is 24.7 Å². The maximum atomic E-state index is 15.0. The predicted molar refractivity (Wildman–Crippen MR) is 145 cm³/mol. The number of aromatic nitrogens is 3. The van der Waals surface area contributed by atoms with Crippen molar-refractivity contribution in [3.05, 3.63) is 82.9 Å². The van der Waals surface area contributed by atoms with Crippen molar-refractivity contribution in [3.63, 3.8) is 0 Å². The van der Waals surface area contributed by atoms with Crippen molar-refractivity contribution in [1.82, 2.24) is 19.7 Å². The van der Waals surface area contributed by atoms with Crippen LogP contribution in [-0.2, 0) is 22.1 Å². The molecule has 1 amide bonds. The molecule has 0 bridgehead atoms. The van der Waals surface area contributed by atoms with Crippen molar-refractivity contribution < 1.29 is 41.4 Å². The van der Waals surface area contributed by atoms with E-state index in [2.05, 4.69) is 15.3 Å². The van der Waals surface area contributed by atoms with Gasteiger partial charge in [-0.15, -0.1) is 0 Å². The quantitative estimate of drug-likeness (QED) is 0.296. The summed E-state index contributed by atoms with van der Waals surface area (Å²) in [5.74, 6) is -5.10. The fourth-order valence-corrected chi connectivity index (χ4v) is 5.10. The lowest BCUT2D eigenvalue weighted by molar-refractivity contribution is -0.139. The van der Waals surface area contributed by atoms with E-state index in [1.54, 1.807) is 11.8 Å².